The number of amides is 1. The van der Waals surface area contributed by atoms with E-state index in [9.17, 15) is 4.79 Å². The van der Waals surface area contributed by atoms with Crippen LogP contribution in [0.4, 0.5) is 11.5 Å². The van der Waals surface area contributed by atoms with Crippen molar-refractivity contribution >= 4 is 17.4 Å². The van der Waals surface area contributed by atoms with Crippen molar-refractivity contribution in [2.75, 3.05) is 23.3 Å². The van der Waals surface area contributed by atoms with Gasteiger partial charge < -0.3 is 10.2 Å². The maximum atomic E-state index is 12.6. The molecule has 1 amide bonds. The van der Waals surface area contributed by atoms with E-state index in [4.69, 9.17) is 0 Å². The third-order valence-corrected chi connectivity index (χ3v) is 5.45. The predicted molar refractivity (Wildman–Crippen MR) is 115 cm³/mol. The van der Waals surface area contributed by atoms with Gasteiger partial charge in [0.05, 0.1) is 5.69 Å². The number of aromatic nitrogens is 3. The smallest absolute Gasteiger partial charge is 0.227 e. The summed E-state index contributed by atoms with van der Waals surface area (Å²) in [5.74, 6) is 0.992. The molecule has 2 aromatic heterocycles. The molecule has 1 aromatic carbocycles. The summed E-state index contributed by atoms with van der Waals surface area (Å²) < 4.78 is 0. The molecule has 0 radical (unpaired) electrons. The molecule has 4 rings (SSSR count). The number of carbonyl (C=O) groups excluding carboxylic acids is 1. The number of aryl methyl sites for hydroxylation is 1. The van der Waals surface area contributed by atoms with Gasteiger partial charge in [0, 0.05) is 42.7 Å². The van der Waals surface area contributed by atoms with E-state index in [1.54, 1.807) is 12.4 Å². The van der Waals surface area contributed by atoms with Crippen molar-refractivity contribution in [3.8, 4) is 11.3 Å². The highest BCUT2D eigenvalue weighted by atomic mass is 16.1. The first-order chi connectivity index (χ1) is 14.2. The summed E-state index contributed by atoms with van der Waals surface area (Å²) in [5, 5.41) is 11.8. The minimum absolute atomic E-state index is 0.0288. The number of anilines is 2. The van der Waals surface area contributed by atoms with E-state index < -0.39 is 0 Å². The fourth-order valence-corrected chi connectivity index (χ4v) is 3.61. The highest BCUT2D eigenvalue weighted by Gasteiger charge is 2.25. The summed E-state index contributed by atoms with van der Waals surface area (Å²) in [6, 6.07) is 15.9. The molecule has 0 bridgehead atoms. The van der Waals surface area contributed by atoms with Gasteiger partial charge in [0.2, 0.25) is 5.91 Å². The average molecular weight is 387 g/mol. The predicted octanol–water partition coefficient (Wildman–Crippen LogP) is 3.96. The molecule has 6 heteroatoms. The molecule has 1 aliphatic rings. The van der Waals surface area contributed by atoms with Crippen LogP contribution in [0.3, 0.4) is 0 Å². The Labute approximate surface area is 171 Å². The Morgan fingerprint density at radius 1 is 1.00 bits per heavy atom. The summed E-state index contributed by atoms with van der Waals surface area (Å²) in [6.07, 6.45) is 6.12. The number of hydrogen-bond acceptors (Lipinski definition) is 5. The summed E-state index contributed by atoms with van der Waals surface area (Å²) >= 11 is 0. The first-order valence-corrected chi connectivity index (χ1v) is 10.1. The molecular formula is C23H25N5O. The van der Waals surface area contributed by atoms with E-state index in [0.29, 0.717) is 0 Å². The van der Waals surface area contributed by atoms with Crippen molar-refractivity contribution in [1.29, 1.82) is 0 Å². The number of hydrogen-bond donors (Lipinski definition) is 1. The third-order valence-electron chi connectivity index (χ3n) is 5.45. The van der Waals surface area contributed by atoms with Gasteiger partial charge in [0.1, 0.15) is 0 Å². The number of nitrogens with zero attached hydrogens (tertiary/aromatic N) is 4. The second-order valence-electron chi connectivity index (χ2n) is 7.31. The second-order valence-corrected chi connectivity index (χ2v) is 7.31. The Morgan fingerprint density at radius 3 is 2.34 bits per heavy atom. The molecule has 148 valence electrons. The van der Waals surface area contributed by atoms with Crippen LogP contribution in [0.5, 0.6) is 0 Å². The van der Waals surface area contributed by atoms with Gasteiger partial charge in [-0.05, 0) is 61.2 Å². The lowest BCUT2D eigenvalue weighted by atomic mass is 9.95. The van der Waals surface area contributed by atoms with E-state index in [0.717, 1.165) is 55.1 Å². The van der Waals surface area contributed by atoms with E-state index in [-0.39, 0.29) is 11.8 Å². The number of nitrogens with one attached hydrogen (secondary N) is 1. The Morgan fingerprint density at radius 2 is 1.72 bits per heavy atom. The number of pyridine rings is 1. The topological polar surface area (TPSA) is 71.0 Å². The Kier molecular flexibility index (Phi) is 5.79. The lowest BCUT2D eigenvalue weighted by Crippen LogP contribution is -2.38. The van der Waals surface area contributed by atoms with Crippen molar-refractivity contribution < 1.29 is 4.79 Å². The number of benzene rings is 1. The van der Waals surface area contributed by atoms with Gasteiger partial charge in [0.25, 0.3) is 0 Å². The zero-order valence-electron chi connectivity index (χ0n) is 16.6. The van der Waals surface area contributed by atoms with Crippen molar-refractivity contribution in [1.82, 2.24) is 15.2 Å². The molecule has 29 heavy (non-hydrogen) atoms. The number of carbonyl (C=O) groups is 1. The Hall–Kier alpha value is -3.28. The van der Waals surface area contributed by atoms with Crippen LogP contribution in [0.2, 0.25) is 0 Å². The monoisotopic (exact) mass is 387 g/mol. The van der Waals surface area contributed by atoms with Crippen molar-refractivity contribution in [2.24, 2.45) is 5.92 Å². The molecule has 0 unspecified atom stereocenters. The largest absolute Gasteiger partial charge is 0.355 e. The Bertz CT molecular complexity index is 933. The van der Waals surface area contributed by atoms with Crippen LogP contribution in [-0.4, -0.2) is 34.2 Å². The van der Waals surface area contributed by atoms with Gasteiger partial charge in [-0.2, -0.15) is 0 Å². The molecule has 1 N–H and O–H groups in total. The van der Waals surface area contributed by atoms with Gasteiger partial charge in [0.15, 0.2) is 5.82 Å². The van der Waals surface area contributed by atoms with Gasteiger partial charge in [-0.3, -0.25) is 9.78 Å². The second kappa shape index (κ2) is 8.82. The van der Waals surface area contributed by atoms with E-state index in [1.165, 1.54) is 5.56 Å². The van der Waals surface area contributed by atoms with Gasteiger partial charge in [-0.15, -0.1) is 10.2 Å². The summed E-state index contributed by atoms with van der Waals surface area (Å²) in [4.78, 5) is 18.8. The lowest BCUT2D eigenvalue weighted by molar-refractivity contribution is -0.120. The van der Waals surface area contributed by atoms with Crippen molar-refractivity contribution in [2.45, 2.75) is 26.2 Å². The summed E-state index contributed by atoms with van der Waals surface area (Å²) in [7, 11) is 0. The van der Waals surface area contributed by atoms with Crippen LogP contribution >= 0.6 is 0 Å². The maximum Gasteiger partial charge on any atom is 0.227 e. The van der Waals surface area contributed by atoms with Gasteiger partial charge >= 0.3 is 0 Å². The van der Waals surface area contributed by atoms with E-state index in [1.807, 2.05) is 36.4 Å². The molecule has 1 aliphatic heterocycles. The SMILES string of the molecule is CCc1ccc(NC(=O)C2CCN(c3ccc(-c4ccncc4)nn3)CC2)cc1. The lowest BCUT2D eigenvalue weighted by Gasteiger charge is -2.31. The van der Waals surface area contributed by atoms with Crippen LogP contribution in [0.15, 0.2) is 60.9 Å². The molecule has 1 saturated heterocycles. The fraction of sp³-hybridized carbons (Fsp3) is 0.304. The molecule has 0 atom stereocenters. The fourth-order valence-electron chi connectivity index (χ4n) is 3.61. The number of rotatable bonds is 5. The van der Waals surface area contributed by atoms with Gasteiger partial charge in [-0.25, -0.2) is 0 Å². The molecule has 0 saturated carbocycles. The molecule has 3 aromatic rings. The van der Waals surface area contributed by atoms with Crippen LogP contribution in [0, 0.1) is 5.92 Å². The minimum atomic E-state index is 0.0288. The zero-order chi connectivity index (χ0) is 20.1. The van der Waals surface area contributed by atoms with Crippen LogP contribution in [0.25, 0.3) is 11.3 Å². The van der Waals surface area contributed by atoms with Crippen molar-refractivity contribution in [3.63, 3.8) is 0 Å². The summed E-state index contributed by atoms with van der Waals surface area (Å²) in [5.41, 5.74) is 3.97. The maximum absolute atomic E-state index is 12.6. The van der Waals surface area contributed by atoms with Crippen LogP contribution < -0.4 is 10.2 Å². The van der Waals surface area contributed by atoms with Gasteiger partial charge in [-0.1, -0.05) is 19.1 Å². The highest BCUT2D eigenvalue weighted by molar-refractivity contribution is 5.92. The normalized spacial score (nSPS) is 14.6. The summed E-state index contributed by atoms with van der Waals surface area (Å²) in [6.45, 7) is 3.73. The first-order valence-electron chi connectivity index (χ1n) is 10.1. The van der Waals surface area contributed by atoms with Crippen LogP contribution in [-0.2, 0) is 11.2 Å². The standard InChI is InChI=1S/C23H25N5O/c1-2-17-3-5-20(6-4-17)25-23(29)19-11-15-28(16-12-19)22-8-7-21(26-27-22)18-9-13-24-14-10-18/h3-10,13-14,19H,2,11-12,15-16H2,1H3,(H,25,29). The molecule has 1 fully saturated rings. The molecule has 0 aliphatic carbocycles. The zero-order valence-corrected chi connectivity index (χ0v) is 16.6. The number of piperidine rings is 1. The van der Waals surface area contributed by atoms with Crippen molar-refractivity contribution in [3.05, 3.63) is 66.5 Å². The van der Waals surface area contributed by atoms with E-state index in [2.05, 4.69) is 44.5 Å². The first kappa shape index (κ1) is 19.1. The highest BCUT2D eigenvalue weighted by Crippen LogP contribution is 2.24. The van der Waals surface area contributed by atoms with E-state index >= 15 is 0 Å². The van der Waals surface area contributed by atoms with Crippen LogP contribution in [0.1, 0.15) is 25.3 Å². The minimum Gasteiger partial charge on any atom is -0.355 e. The molecule has 0 spiro atoms. The molecular weight excluding hydrogens is 362 g/mol. The molecule has 3 heterocycles. The quantitative estimate of drug-likeness (QED) is 0.718. The third kappa shape index (κ3) is 4.59. The molecule has 6 nitrogen and oxygen atoms in total. The Balaban J connectivity index is 1.32. The average Bonchev–Trinajstić information content (AvgIpc) is 2.80.